The van der Waals surface area contributed by atoms with Gasteiger partial charge < -0.3 is 36.0 Å². The number of carbonyl (C=O) groups is 4. The van der Waals surface area contributed by atoms with E-state index in [1.54, 1.807) is 16.7 Å². The van der Waals surface area contributed by atoms with Gasteiger partial charge in [-0.2, -0.15) is 0 Å². The molecule has 188 valence electrons. The first kappa shape index (κ1) is 24.8. The third-order valence-corrected chi connectivity index (χ3v) is 8.94. The van der Waals surface area contributed by atoms with Crippen LogP contribution in [0.1, 0.15) is 33.6 Å². The van der Waals surface area contributed by atoms with Gasteiger partial charge in [-0.25, -0.2) is 9.59 Å². The number of amides is 4. The molecule has 0 spiro atoms. The van der Waals surface area contributed by atoms with Crippen molar-refractivity contribution in [2.75, 3.05) is 26.2 Å². The number of carbonyl (C=O) groups excluding carboxylic acids is 3. The molecule has 0 radical (unpaired) electrons. The van der Waals surface area contributed by atoms with Crippen molar-refractivity contribution in [1.82, 2.24) is 20.0 Å². The summed E-state index contributed by atoms with van der Waals surface area (Å²) in [5.41, 5.74) is 5.43. The zero-order valence-electron chi connectivity index (χ0n) is 19.6. The molecule has 4 rings (SSSR count). The van der Waals surface area contributed by atoms with Crippen molar-refractivity contribution in [1.29, 1.82) is 0 Å². The van der Waals surface area contributed by atoms with Crippen LogP contribution in [0, 0.1) is 11.8 Å². The van der Waals surface area contributed by atoms with E-state index < -0.39 is 30.1 Å². The number of aliphatic carboxylic acids is 1. The van der Waals surface area contributed by atoms with Crippen LogP contribution in [-0.2, 0) is 14.4 Å². The first-order valence-corrected chi connectivity index (χ1v) is 12.6. The lowest BCUT2D eigenvalue weighted by Crippen LogP contribution is -2.63. The molecule has 7 atom stereocenters. The second-order valence-electron chi connectivity index (χ2n) is 9.73. The maximum absolute atomic E-state index is 13.3. The van der Waals surface area contributed by atoms with Crippen LogP contribution in [0.5, 0.6) is 0 Å². The Morgan fingerprint density at radius 2 is 1.94 bits per heavy atom. The molecule has 4 aliphatic heterocycles. The maximum atomic E-state index is 13.3. The highest BCUT2D eigenvalue weighted by Gasteiger charge is 2.60. The quantitative estimate of drug-likeness (QED) is 0.376. The average Bonchev–Trinajstić information content (AvgIpc) is 3.24. The number of hydrogen-bond donors (Lipinski definition) is 4. The average molecular weight is 496 g/mol. The lowest BCUT2D eigenvalue weighted by atomic mass is 9.79. The van der Waals surface area contributed by atoms with E-state index in [1.807, 2.05) is 13.8 Å². The van der Waals surface area contributed by atoms with Crippen LogP contribution in [0.4, 0.5) is 4.79 Å². The maximum Gasteiger partial charge on any atom is 0.353 e. The molecule has 34 heavy (non-hydrogen) atoms. The largest absolute Gasteiger partial charge is 0.477 e. The van der Waals surface area contributed by atoms with Gasteiger partial charge in [0.05, 0.1) is 24.1 Å². The molecule has 3 saturated heterocycles. The van der Waals surface area contributed by atoms with Gasteiger partial charge in [0.25, 0.3) is 0 Å². The minimum absolute atomic E-state index is 0.00635. The molecule has 0 aliphatic carbocycles. The van der Waals surface area contributed by atoms with Crippen LogP contribution in [0.3, 0.4) is 0 Å². The fourth-order valence-electron chi connectivity index (χ4n) is 5.73. The molecular formula is C22H33N5O6S. The number of carboxylic acids is 1. The van der Waals surface area contributed by atoms with Gasteiger partial charge in [0.15, 0.2) is 0 Å². The van der Waals surface area contributed by atoms with E-state index in [-0.39, 0.29) is 40.8 Å². The second-order valence-corrected chi connectivity index (χ2v) is 11.1. The van der Waals surface area contributed by atoms with Crippen LogP contribution in [0.2, 0.25) is 0 Å². The number of rotatable bonds is 5. The Labute approximate surface area is 202 Å². The van der Waals surface area contributed by atoms with Crippen LogP contribution in [0.15, 0.2) is 10.6 Å². The van der Waals surface area contributed by atoms with Crippen LogP contribution < -0.4 is 11.1 Å². The Morgan fingerprint density at radius 1 is 1.24 bits per heavy atom. The van der Waals surface area contributed by atoms with Gasteiger partial charge >= 0.3 is 12.0 Å². The van der Waals surface area contributed by atoms with Gasteiger partial charge in [-0.3, -0.25) is 9.59 Å². The highest BCUT2D eigenvalue weighted by atomic mass is 32.2. The number of carboxylic acid groups (broad SMARTS) is 1. The molecule has 0 bridgehead atoms. The first-order chi connectivity index (χ1) is 16.0. The predicted molar refractivity (Wildman–Crippen MR) is 124 cm³/mol. The van der Waals surface area contributed by atoms with E-state index in [0.29, 0.717) is 43.9 Å². The smallest absolute Gasteiger partial charge is 0.353 e. The second kappa shape index (κ2) is 9.38. The van der Waals surface area contributed by atoms with Crippen molar-refractivity contribution in [3.63, 3.8) is 0 Å². The van der Waals surface area contributed by atoms with Gasteiger partial charge in [0, 0.05) is 48.3 Å². The molecule has 11 nitrogen and oxygen atoms in total. The minimum atomic E-state index is -1.15. The highest BCUT2D eigenvalue weighted by molar-refractivity contribution is 8.03. The van der Waals surface area contributed by atoms with Gasteiger partial charge in [-0.15, -0.1) is 11.8 Å². The minimum Gasteiger partial charge on any atom is -0.477 e. The van der Waals surface area contributed by atoms with Gasteiger partial charge in [0.1, 0.15) is 5.70 Å². The van der Waals surface area contributed by atoms with E-state index >= 15 is 0 Å². The monoisotopic (exact) mass is 495 g/mol. The number of fused-ring (bicyclic) bond motifs is 1. The van der Waals surface area contributed by atoms with E-state index in [0.717, 1.165) is 0 Å². The third-order valence-electron chi connectivity index (χ3n) is 7.43. The van der Waals surface area contributed by atoms with Crippen molar-refractivity contribution in [2.24, 2.45) is 17.6 Å². The Hall–Kier alpha value is -2.31. The summed E-state index contributed by atoms with van der Waals surface area (Å²) in [5.74, 6) is -2.32. The summed E-state index contributed by atoms with van der Waals surface area (Å²) in [7, 11) is 0. The molecule has 0 aromatic heterocycles. The molecule has 0 aromatic carbocycles. The number of nitrogens with two attached hydrogens (primary N) is 1. The summed E-state index contributed by atoms with van der Waals surface area (Å²) in [6, 6.07) is -1.38. The fraction of sp³-hybridized carbons (Fsp3) is 0.727. The van der Waals surface area contributed by atoms with Crippen molar-refractivity contribution in [2.45, 2.75) is 63.1 Å². The van der Waals surface area contributed by atoms with E-state index in [1.165, 1.54) is 16.7 Å². The number of aliphatic hydroxyl groups excluding tert-OH is 1. The molecule has 0 saturated carbocycles. The molecule has 3 fully saturated rings. The lowest BCUT2D eigenvalue weighted by molar-refractivity contribution is -0.163. The van der Waals surface area contributed by atoms with Gasteiger partial charge in [0.2, 0.25) is 11.8 Å². The topological polar surface area (TPSA) is 157 Å². The number of hydrogen-bond acceptors (Lipinski definition) is 7. The summed E-state index contributed by atoms with van der Waals surface area (Å²) in [6.45, 7) is 7.36. The van der Waals surface area contributed by atoms with Crippen molar-refractivity contribution in [3.8, 4) is 0 Å². The number of nitrogens with zero attached hydrogens (tertiary/aromatic N) is 3. The first-order valence-electron chi connectivity index (χ1n) is 11.8. The van der Waals surface area contributed by atoms with E-state index in [9.17, 15) is 29.4 Å². The molecule has 12 heteroatoms. The number of aliphatic hydroxyl groups is 1. The van der Waals surface area contributed by atoms with E-state index in [4.69, 9.17) is 5.73 Å². The zero-order chi connectivity index (χ0) is 24.9. The van der Waals surface area contributed by atoms with Gasteiger partial charge in [-0.05, 0) is 26.7 Å². The predicted octanol–water partition coefficient (Wildman–Crippen LogP) is -0.395. The molecule has 4 amide bonds. The summed E-state index contributed by atoms with van der Waals surface area (Å²) >= 11 is 1.42. The fourth-order valence-corrected chi connectivity index (χ4v) is 7.21. The summed E-state index contributed by atoms with van der Waals surface area (Å²) < 4.78 is 0. The Bertz CT molecular complexity index is 925. The Kier molecular flexibility index (Phi) is 6.85. The number of primary amides is 1. The van der Waals surface area contributed by atoms with Crippen LogP contribution >= 0.6 is 11.8 Å². The SMILES string of the molecule is CC1CN(C(N)=O)CCCN1C(=O)[C@@H]1C[C@H](SC2=C(C(=O)O)N3C(=O)[C@H]([C@@H](C)O)[C@H]3[C@H]2C)CN1. The van der Waals surface area contributed by atoms with Crippen LogP contribution in [-0.4, -0.2) is 104 Å². The molecular weight excluding hydrogens is 462 g/mol. The normalized spacial score (nSPS) is 34.6. The molecule has 4 aliphatic rings. The number of thioether (sulfide) groups is 1. The van der Waals surface area contributed by atoms with Crippen molar-refractivity contribution < 1.29 is 29.4 Å². The van der Waals surface area contributed by atoms with Gasteiger partial charge in [-0.1, -0.05) is 6.92 Å². The number of β-lactam (4-membered cyclic amide) rings is 1. The number of nitrogens with one attached hydrogen (secondary N) is 1. The summed E-state index contributed by atoms with van der Waals surface area (Å²) in [6.07, 6.45) is 0.353. The van der Waals surface area contributed by atoms with E-state index in [2.05, 4.69) is 5.32 Å². The summed E-state index contributed by atoms with van der Waals surface area (Å²) in [5, 5.41) is 23.1. The van der Waals surface area contributed by atoms with Crippen molar-refractivity contribution in [3.05, 3.63) is 10.6 Å². The Morgan fingerprint density at radius 3 is 2.56 bits per heavy atom. The standard InChI is InChI=1S/C22H33N5O6S/c1-10-9-25(22(23)33)5-4-6-26(10)19(29)14-7-13(8-24-14)34-18-11(2)16-15(12(3)28)20(30)27(16)17(18)21(31)32/h10-16,24,28H,4-9H2,1-3H3,(H2,23,33)(H,31,32)/t10?,11-,12-,13+,14+,15-,16-/m1/s1. The lowest BCUT2D eigenvalue weighted by Gasteiger charge is -2.46. The van der Waals surface area contributed by atoms with Crippen molar-refractivity contribution >= 4 is 35.6 Å². The highest BCUT2D eigenvalue weighted by Crippen LogP contribution is 2.51. The third kappa shape index (κ3) is 4.16. The molecule has 4 heterocycles. The van der Waals surface area contributed by atoms with Crippen LogP contribution in [0.25, 0.3) is 0 Å². The Balaban J connectivity index is 1.43. The molecule has 0 aromatic rings. The molecule has 5 N–H and O–H groups in total. The zero-order valence-corrected chi connectivity index (χ0v) is 20.5. The molecule has 1 unspecified atom stereocenters. The number of urea groups is 1. The summed E-state index contributed by atoms with van der Waals surface area (Å²) in [4.78, 5) is 54.7.